The summed E-state index contributed by atoms with van der Waals surface area (Å²) in [5.74, 6) is 0. The van der Waals surface area contributed by atoms with Gasteiger partial charge in [-0.2, -0.15) is 13.2 Å². The average Bonchev–Trinajstić information content (AvgIpc) is 2.94. The fourth-order valence-electron chi connectivity index (χ4n) is 2.31. The Morgan fingerprint density at radius 1 is 1.27 bits per heavy atom. The summed E-state index contributed by atoms with van der Waals surface area (Å²) in [5, 5.41) is 9.50. The Balaban J connectivity index is 1.62. The highest BCUT2D eigenvalue weighted by Crippen LogP contribution is 2.31. The van der Waals surface area contributed by atoms with E-state index in [-0.39, 0.29) is 17.2 Å². The first kappa shape index (κ1) is 16.9. The van der Waals surface area contributed by atoms with E-state index in [9.17, 15) is 18.0 Å². The molecule has 0 bridgehead atoms. The fraction of sp³-hybridized carbons (Fsp3) is 0.692. The Hall–Kier alpha value is -1.51. The summed E-state index contributed by atoms with van der Waals surface area (Å²) >= 11 is 0.893. The molecule has 1 saturated carbocycles. The third-order valence-electron chi connectivity index (χ3n) is 3.42. The van der Waals surface area contributed by atoms with Crippen molar-refractivity contribution in [3.05, 3.63) is 11.1 Å². The van der Waals surface area contributed by atoms with Crippen molar-refractivity contribution < 1.29 is 18.0 Å². The van der Waals surface area contributed by atoms with Gasteiger partial charge >= 0.3 is 12.2 Å². The molecule has 0 radical (unpaired) electrons. The van der Waals surface area contributed by atoms with Crippen LogP contribution in [0.25, 0.3) is 0 Å². The maximum atomic E-state index is 12.4. The minimum Gasteiger partial charge on any atom is -0.360 e. The van der Waals surface area contributed by atoms with Gasteiger partial charge in [0.1, 0.15) is 0 Å². The maximum absolute atomic E-state index is 12.4. The monoisotopic (exact) mass is 336 g/mol. The van der Waals surface area contributed by atoms with Crippen LogP contribution in [0.2, 0.25) is 0 Å². The number of aromatic nitrogens is 1. The normalized spacial score (nSPS) is 16.3. The lowest BCUT2D eigenvalue weighted by Crippen LogP contribution is -2.44. The first-order valence-corrected chi connectivity index (χ1v) is 8.14. The fourth-order valence-corrected chi connectivity index (χ4v) is 3.06. The van der Waals surface area contributed by atoms with Gasteiger partial charge in [-0.1, -0.05) is 19.3 Å². The molecule has 0 spiro atoms. The first-order valence-electron chi connectivity index (χ1n) is 7.26. The van der Waals surface area contributed by atoms with Gasteiger partial charge < -0.3 is 16.0 Å². The van der Waals surface area contributed by atoms with Gasteiger partial charge in [0.15, 0.2) is 10.8 Å². The van der Waals surface area contributed by atoms with Gasteiger partial charge in [0, 0.05) is 24.5 Å². The van der Waals surface area contributed by atoms with Crippen LogP contribution in [0.4, 0.5) is 23.1 Å². The molecule has 1 aromatic rings. The molecule has 1 aliphatic carbocycles. The molecule has 0 saturated heterocycles. The van der Waals surface area contributed by atoms with Crippen molar-refractivity contribution in [1.29, 1.82) is 0 Å². The Bertz CT molecular complexity index is 486. The second-order valence-corrected chi connectivity index (χ2v) is 6.06. The number of carbonyl (C=O) groups excluding carboxylic acids is 1. The van der Waals surface area contributed by atoms with Crippen molar-refractivity contribution in [2.45, 2.75) is 44.3 Å². The van der Waals surface area contributed by atoms with Crippen LogP contribution in [0.5, 0.6) is 0 Å². The smallest absolute Gasteiger partial charge is 0.360 e. The zero-order valence-corrected chi connectivity index (χ0v) is 12.8. The van der Waals surface area contributed by atoms with E-state index in [1.165, 1.54) is 6.42 Å². The lowest BCUT2D eigenvalue weighted by Gasteiger charge is -2.22. The summed E-state index contributed by atoms with van der Waals surface area (Å²) < 4.78 is 37.1. The minimum atomic E-state index is -4.42. The average molecular weight is 336 g/mol. The zero-order chi connectivity index (χ0) is 16.0. The van der Waals surface area contributed by atoms with E-state index in [0.29, 0.717) is 13.1 Å². The van der Waals surface area contributed by atoms with E-state index in [4.69, 9.17) is 0 Å². The number of nitrogens with one attached hydrogen (secondary N) is 3. The predicted molar refractivity (Wildman–Crippen MR) is 79.0 cm³/mol. The SMILES string of the molecule is O=C(NCCNc1nc(C(F)(F)F)cs1)NC1CCCCC1. The second kappa shape index (κ2) is 7.66. The van der Waals surface area contributed by atoms with E-state index in [0.717, 1.165) is 42.4 Å². The summed E-state index contributed by atoms with van der Waals surface area (Å²) in [4.78, 5) is 15.1. The highest BCUT2D eigenvalue weighted by atomic mass is 32.1. The van der Waals surface area contributed by atoms with Gasteiger partial charge in [0.05, 0.1) is 0 Å². The molecule has 3 N–H and O–H groups in total. The molecule has 1 aliphatic rings. The summed E-state index contributed by atoms with van der Waals surface area (Å²) in [7, 11) is 0. The van der Waals surface area contributed by atoms with Crippen molar-refractivity contribution in [3.63, 3.8) is 0 Å². The van der Waals surface area contributed by atoms with Crippen molar-refractivity contribution in [2.75, 3.05) is 18.4 Å². The van der Waals surface area contributed by atoms with Gasteiger partial charge in [-0.15, -0.1) is 11.3 Å². The molecule has 1 heterocycles. The van der Waals surface area contributed by atoms with Gasteiger partial charge in [-0.05, 0) is 12.8 Å². The Morgan fingerprint density at radius 2 is 2.00 bits per heavy atom. The number of urea groups is 1. The molecule has 124 valence electrons. The predicted octanol–water partition coefficient (Wildman–Crippen LogP) is 3.21. The van der Waals surface area contributed by atoms with Crippen molar-refractivity contribution >= 4 is 22.5 Å². The lowest BCUT2D eigenvalue weighted by molar-refractivity contribution is -0.140. The van der Waals surface area contributed by atoms with Crippen LogP contribution in [-0.4, -0.2) is 30.1 Å². The molecule has 22 heavy (non-hydrogen) atoms. The van der Waals surface area contributed by atoms with Crippen LogP contribution in [0.15, 0.2) is 5.38 Å². The molecule has 1 fully saturated rings. The number of alkyl halides is 3. The maximum Gasteiger partial charge on any atom is 0.434 e. The molecule has 5 nitrogen and oxygen atoms in total. The van der Waals surface area contributed by atoms with Gasteiger partial charge in [-0.3, -0.25) is 0 Å². The number of amides is 2. The van der Waals surface area contributed by atoms with E-state index in [2.05, 4.69) is 20.9 Å². The van der Waals surface area contributed by atoms with E-state index in [1.807, 2.05) is 0 Å². The molecular formula is C13H19F3N4OS. The largest absolute Gasteiger partial charge is 0.434 e. The van der Waals surface area contributed by atoms with E-state index in [1.54, 1.807) is 0 Å². The topological polar surface area (TPSA) is 66.0 Å². The highest BCUT2D eigenvalue weighted by Gasteiger charge is 2.33. The number of rotatable bonds is 5. The van der Waals surface area contributed by atoms with E-state index < -0.39 is 11.9 Å². The third-order valence-corrected chi connectivity index (χ3v) is 4.22. The number of hydrogen-bond acceptors (Lipinski definition) is 4. The molecule has 0 unspecified atom stereocenters. The molecular weight excluding hydrogens is 317 g/mol. The second-order valence-electron chi connectivity index (χ2n) is 5.20. The standard InChI is InChI=1S/C13H19F3N4OS/c14-13(15,16)10-8-22-12(20-10)18-7-6-17-11(21)19-9-4-2-1-3-5-9/h8-9H,1-7H2,(H,18,20)(H2,17,19,21). The molecule has 0 aromatic carbocycles. The van der Waals surface area contributed by atoms with Crippen molar-refractivity contribution in [1.82, 2.24) is 15.6 Å². The van der Waals surface area contributed by atoms with Crippen LogP contribution >= 0.6 is 11.3 Å². The Kier molecular flexibility index (Phi) is 5.87. The number of thiazole rings is 1. The summed E-state index contributed by atoms with van der Waals surface area (Å²) in [5.41, 5.74) is -0.900. The third kappa shape index (κ3) is 5.36. The number of nitrogens with zero attached hydrogens (tertiary/aromatic N) is 1. The lowest BCUT2D eigenvalue weighted by atomic mass is 9.96. The van der Waals surface area contributed by atoms with Crippen LogP contribution in [0.1, 0.15) is 37.8 Å². The zero-order valence-electron chi connectivity index (χ0n) is 12.0. The summed E-state index contributed by atoms with van der Waals surface area (Å²) in [6.45, 7) is 0.641. The van der Waals surface area contributed by atoms with Gasteiger partial charge in [-0.25, -0.2) is 9.78 Å². The molecule has 0 aliphatic heterocycles. The number of halogens is 3. The number of carbonyl (C=O) groups is 1. The van der Waals surface area contributed by atoms with Gasteiger partial charge in [0.25, 0.3) is 0 Å². The first-order chi connectivity index (χ1) is 10.4. The number of hydrogen-bond donors (Lipinski definition) is 3. The molecule has 0 atom stereocenters. The van der Waals surface area contributed by atoms with E-state index >= 15 is 0 Å². The molecule has 1 aromatic heterocycles. The quantitative estimate of drug-likeness (QED) is 0.724. The van der Waals surface area contributed by atoms with Gasteiger partial charge in [0.2, 0.25) is 0 Å². The molecule has 2 rings (SSSR count). The van der Waals surface area contributed by atoms with Crippen molar-refractivity contribution in [2.24, 2.45) is 0 Å². The minimum absolute atomic E-state index is 0.196. The summed E-state index contributed by atoms with van der Waals surface area (Å²) in [6.07, 6.45) is 1.08. The summed E-state index contributed by atoms with van der Waals surface area (Å²) in [6, 6.07) is -0.00108. The molecule has 9 heteroatoms. The van der Waals surface area contributed by atoms with Crippen LogP contribution in [-0.2, 0) is 6.18 Å². The Morgan fingerprint density at radius 3 is 2.64 bits per heavy atom. The van der Waals surface area contributed by atoms with Crippen molar-refractivity contribution in [3.8, 4) is 0 Å². The van der Waals surface area contributed by atoms with Crippen LogP contribution in [0.3, 0.4) is 0 Å². The number of anilines is 1. The molecule has 2 amide bonds. The van der Waals surface area contributed by atoms with Crippen LogP contribution < -0.4 is 16.0 Å². The Labute approximate surface area is 130 Å². The highest BCUT2D eigenvalue weighted by molar-refractivity contribution is 7.13. The van der Waals surface area contributed by atoms with Crippen LogP contribution in [0, 0.1) is 0 Å².